The summed E-state index contributed by atoms with van der Waals surface area (Å²) in [5.41, 5.74) is 0. The topological polar surface area (TPSA) is 38.4 Å². The fourth-order valence-corrected chi connectivity index (χ4v) is 0.841. The molecular weight excluding hydrogens is 156 g/mol. The van der Waals surface area contributed by atoms with E-state index >= 15 is 0 Å². The van der Waals surface area contributed by atoms with Crippen LogP contribution in [0.3, 0.4) is 0 Å². The highest BCUT2D eigenvalue weighted by molar-refractivity contribution is 4.40. The highest BCUT2D eigenvalue weighted by Gasteiger charge is 2.09. The summed E-state index contributed by atoms with van der Waals surface area (Å²) in [7, 11) is 0. The van der Waals surface area contributed by atoms with Crippen LogP contribution in [0, 0.1) is 0 Å². The van der Waals surface area contributed by atoms with E-state index < -0.39 is 6.29 Å². The molecule has 3 heteroatoms. The van der Waals surface area contributed by atoms with Gasteiger partial charge in [0.2, 0.25) is 0 Å². The predicted molar refractivity (Wildman–Crippen MR) is 46.2 cm³/mol. The van der Waals surface area contributed by atoms with Crippen molar-refractivity contribution in [3.8, 4) is 0 Å². The van der Waals surface area contributed by atoms with E-state index in [-0.39, 0.29) is 6.29 Å². The molecule has 0 heterocycles. The van der Waals surface area contributed by atoms with E-state index in [1.165, 1.54) is 0 Å². The van der Waals surface area contributed by atoms with Crippen molar-refractivity contribution >= 4 is 0 Å². The number of hydrogen-bond donors (Lipinski definition) is 0. The molecular formula is C9H19O3. The Morgan fingerprint density at radius 2 is 1.92 bits per heavy atom. The minimum atomic E-state index is -0.929. The first-order chi connectivity index (χ1) is 5.70. The van der Waals surface area contributed by atoms with Crippen molar-refractivity contribution in [3.63, 3.8) is 0 Å². The van der Waals surface area contributed by atoms with E-state index in [2.05, 4.69) is 0 Å². The zero-order valence-corrected chi connectivity index (χ0v) is 8.21. The van der Waals surface area contributed by atoms with E-state index in [0.29, 0.717) is 13.0 Å². The summed E-state index contributed by atoms with van der Waals surface area (Å²) in [6, 6.07) is 0. The van der Waals surface area contributed by atoms with Crippen LogP contribution in [0.25, 0.3) is 0 Å². The van der Waals surface area contributed by atoms with Crippen LogP contribution in [-0.4, -0.2) is 19.2 Å². The van der Waals surface area contributed by atoms with E-state index in [1.807, 2.05) is 13.8 Å². The molecule has 2 atom stereocenters. The Hall–Kier alpha value is -0.120. The van der Waals surface area contributed by atoms with Gasteiger partial charge in [-0.1, -0.05) is 20.3 Å². The van der Waals surface area contributed by atoms with Crippen molar-refractivity contribution in [1.29, 1.82) is 0 Å². The lowest BCUT2D eigenvalue weighted by atomic mass is 10.3. The summed E-state index contributed by atoms with van der Waals surface area (Å²) in [6.07, 6.45) is 1.07. The van der Waals surface area contributed by atoms with Gasteiger partial charge in [-0.05, 0) is 13.3 Å². The van der Waals surface area contributed by atoms with Gasteiger partial charge in [0.05, 0.1) is 0 Å². The molecule has 0 bridgehead atoms. The van der Waals surface area contributed by atoms with Gasteiger partial charge in [-0.25, -0.2) is 5.11 Å². The van der Waals surface area contributed by atoms with Crippen LogP contribution in [0.2, 0.25) is 0 Å². The molecule has 1 radical (unpaired) electrons. The Kier molecular flexibility index (Phi) is 7.45. The molecule has 0 aliphatic rings. The van der Waals surface area contributed by atoms with Crippen LogP contribution in [0.1, 0.15) is 40.0 Å². The van der Waals surface area contributed by atoms with Gasteiger partial charge in [0.15, 0.2) is 12.6 Å². The Bertz CT molecular complexity index is 95.8. The Balaban J connectivity index is 3.33. The highest BCUT2D eigenvalue weighted by Crippen LogP contribution is 2.04. The second-order valence-electron chi connectivity index (χ2n) is 2.79. The van der Waals surface area contributed by atoms with Gasteiger partial charge in [0.25, 0.3) is 0 Å². The Morgan fingerprint density at radius 1 is 1.25 bits per heavy atom. The van der Waals surface area contributed by atoms with Gasteiger partial charge < -0.3 is 9.47 Å². The largest absolute Gasteiger partial charge is 0.353 e. The average molecular weight is 175 g/mol. The van der Waals surface area contributed by atoms with Crippen LogP contribution in [0.15, 0.2) is 0 Å². The summed E-state index contributed by atoms with van der Waals surface area (Å²) < 4.78 is 10.2. The van der Waals surface area contributed by atoms with Crippen LogP contribution in [0.5, 0.6) is 0 Å². The smallest absolute Gasteiger partial charge is 0.194 e. The summed E-state index contributed by atoms with van der Waals surface area (Å²) in [5, 5.41) is 11.0. The lowest BCUT2D eigenvalue weighted by Gasteiger charge is -2.16. The molecule has 0 rings (SSSR count). The first kappa shape index (κ1) is 11.9. The molecule has 0 aromatic heterocycles. The lowest BCUT2D eigenvalue weighted by Crippen LogP contribution is -2.21. The predicted octanol–water partition coefficient (Wildman–Crippen LogP) is 2.33. The van der Waals surface area contributed by atoms with Gasteiger partial charge in [0.1, 0.15) is 0 Å². The molecule has 73 valence electrons. The molecule has 0 fully saturated rings. The maximum Gasteiger partial charge on any atom is 0.194 e. The van der Waals surface area contributed by atoms with E-state index in [4.69, 9.17) is 9.47 Å². The molecule has 0 aliphatic heterocycles. The molecule has 0 saturated heterocycles. The normalized spacial score (nSPS) is 16.0. The molecule has 0 aromatic rings. The van der Waals surface area contributed by atoms with Crippen LogP contribution in [0.4, 0.5) is 0 Å². The quantitative estimate of drug-likeness (QED) is 0.557. The third-order valence-electron chi connectivity index (χ3n) is 1.42. The van der Waals surface area contributed by atoms with Crippen molar-refractivity contribution in [2.45, 2.75) is 52.6 Å². The van der Waals surface area contributed by atoms with Crippen molar-refractivity contribution in [2.24, 2.45) is 0 Å². The van der Waals surface area contributed by atoms with Gasteiger partial charge >= 0.3 is 0 Å². The van der Waals surface area contributed by atoms with Crippen LogP contribution >= 0.6 is 0 Å². The zero-order valence-electron chi connectivity index (χ0n) is 8.21. The fraction of sp³-hybridized carbons (Fsp3) is 1.00. The SMILES string of the molecule is CCCOC(C)OC([O])CCC. The molecule has 0 N–H and O–H groups in total. The van der Waals surface area contributed by atoms with Crippen molar-refractivity contribution in [3.05, 3.63) is 0 Å². The van der Waals surface area contributed by atoms with E-state index in [9.17, 15) is 5.11 Å². The van der Waals surface area contributed by atoms with Crippen molar-refractivity contribution in [1.82, 2.24) is 0 Å². The minimum Gasteiger partial charge on any atom is -0.353 e. The number of ether oxygens (including phenoxy) is 2. The molecule has 0 aliphatic carbocycles. The average Bonchev–Trinajstić information content (AvgIpc) is 2.01. The summed E-state index contributed by atoms with van der Waals surface area (Å²) >= 11 is 0. The maximum atomic E-state index is 11.0. The van der Waals surface area contributed by atoms with Gasteiger partial charge in [-0.3, -0.25) is 0 Å². The lowest BCUT2D eigenvalue weighted by molar-refractivity contribution is -0.242. The van der Waals surface area contributed by atoms with Gasteiger partial charge in [-0.2, -0.15) is 0 Å². The molecule has 0 amide bonds. The third kappa shape index (κ3) is 6.58. The fourth-order valence-electron chi connectivity index (χ4n) is 0.841. The molecule has 0 spiro atoms. The van der Waals surface area contributed by atoms with Gasteiger partial charge in [-0.15, -0.1) is 0 Å². The van der Waals surface area contributed by atoms with Crippen LogP contribution < -0.4 is 0 Å². The van der Waals surface area contributed by atoms with E-state index in [0.717, 1.165) is 12.8 Å². The molecule has 12 heavy (non-hydrogen) atoms. The zero-order chi connectivity index (χ0) is 9.40. The first-order valence-corrected chi connectivity index (χ1v) is 4.63. The van der Waals surface area contributed by atoms with E-state index in [1.54, 1.807) is 6.92 Å². The third-order valence-corrected chi connectivity index (χ3v) is 1.42. The second-order valence-corrected chi connectivity index (χ2v) is 2.79. The van der Waals surface area contributed by atoms with Crippen molar-refractivity contribution in [2.75, 3.05) is 6.61 Å². The van der Waals surface area contributed by atoms with Crippen LogP contribution in [-0.2, 0) is 14.6 Å². The second kappa shape index (κ2) is 7.53. The maximum absolute atomic E-state index is 11.0. The van der Waals surface area contributed by atoms with Gasteiger partial charge in [0, 0.05) is 13.0 Å². The first-order valence-electron chi connectivity index (χ1n) is 4.63. The summed E-state index contributed by atoms with van der Waals surface area (Å²) in [5.74, 6) is 0. The monoisotopic (exact) mass is 175 g/mol. The standard InChI is InChI=1S/C9H19O3/c1-4-6-9(10)12-8(3)11-7-5-2/h8-9H,4-7H2,1-3H3. The highest BCUT2D eigenvalue weighted by atomic mass is 16.7. The summed E-state index contributed by atoms with van der Waals surface area (Å²) in [6.45, 7) is 6.40. The number of hydrogen-bond acceptors (Lipinski definition) is 2. The van der Waals surface area contributed by atoms with Crippen molar-refractivity contribution < 1.29 is 14.6 Å². The minimum absolute atomic E-state index is 0.362. The summed E-state index contributed by atoms with van der Waals surface area (Å²) in [4.78, 5) is 0. The molecule has 0 aromatic carbocycles. The molecule has 3 nitrogen and oxygen atoms in total. The Labute approximate surface area is 74.7 Å². The molecule has 0 saturated carbocycles. The number of rotatable bonds is 7. The molecule has 2 unspecified atom stereocenters. The Morgan fingerprint density at radius 3 is 2.42 bits per heavy atom.